The first-order chi connectivity index (χ1) is 13.3. The lowest BCUT2D eigenvalue weighted by atomic mass is 10.0. The molecule has 7 heteroatoms. The third-order valence-electron chi connectivity index (χ3n) is 4.34. The van der Waals surface area contributed by atoms with E-state index in [-0.39, 0.29) is 6.61 Å². The number of ether oxygens (including phenoxy) is 2. The highest BCUT2D eigenvalue weighted by Crippen LogP contribution is 2.22. The topological polar surface area (TPSA) is 81.9 Å². The molecule has 1 fully saturated rings. The maximum absolute atomic E-state index is 12.6. The van der Waals surface area contributed by atoms with Gasteiger partial charge in [0.2, 0.25) is 5.89 Å². The van der Waals surface area contributed by atoms with Crippen LogP contribution in [0.5, 0.6) is 0 Å². The van der Waals surface area contributed by atoms with E-state index in [1.54, 1.807) is 20.8 Å². The minimum atomic E-state index is -0.635. The van der Waals surface area contributed by atoms with Crippen LogP contribution in [0.2, 0.25) is 0 Å². The molecule has 1 aromatic carbocycles. The van der Waals surface area contributed by atoms with Crippen molar-refractivity contribution in [3.8, 4) is 11.5 Å². The summed E-state index contributed by atoms with van der Waals surface area (Å²) < 4.78 is 16.3. The quantitative estimate of drug-likeness (QED) is 0.734. The Balaban J connectivity index is 1.60. The highest BCUT2D eigenvalue weighted by Gasteiger charge is 2.35. The van der Waals surface area contributed by atoms with Crippen molar-refractivity contribution in [3.05, 3.63) is 42.3 Å². The van der Waals surface area contributed by atoms with Gasteiger partial charge in [-0.15, -0.1) is 0 Å². The first kappa shape index (κ1) is 19.9. The van der Waals surface area contributed by atoms with E-state index in [4.69, 9.17) is 13.9 Å². The van der Waals surface area contributed by atoms with Gasteiger partial charge in [0.25, 0.3) is 0 Å². The van der Waals surface area contributed by atoms with E-state index in [1.807, 2.05) is 30.3 Å². The van der Waals surface area contributed by atoms with Crippen LogP contribution >= 0.6 is 0 Å². The number of oxazole rings is 1. The van der Waals surface area contributed by atoms with Gasteiger partial charge in [-0.1, -0.05) is 18.2 Å². The summed E-state index contributed by atoms with van der Waals surface area (Å²) in [7, 11) is 0. The van der Waals surface area contributed by atoms with Crippen LogP contribution in [0.4, 0.5) is 4.79 Å². The van der Waals surface area contributed by atoms with Gasteiger partial charge in [0.15, 0.2) is 0 Å². The summed E-state index contributed by atoms with van der Waals surface area (Å²) in [6, 6.07) is 8.85. The summed E-state index contributed by atoms with van der Waals surface area (Å²) in [5, 5.41) is 0. The maximum atomic E-state index is 12.6. The molecule has 0 radical (unpaired) electrons. The monoisotopic (exact) mass is 386 g/mol. The molecule has 2 heterocycles. The predicted octanol–water partition coefficient (Wildman–Crippen LogP) is 4.17. The third-order valence-corrected chi connectivity index (χ3v) is 4.34. The molecule has 2 aromatic rings. The molecule has 1 atom stereocenters. The van der Waals surface area contributed by atoms with Gasteiger partial charge in [0.05, 0.1) is 0 Å². The lowest BCUT2D eigenvalue weighted by Gasteiger charge is -2.35. The lowest BCUT2D eigenvalue weighted by molar-refractivity contribution is -0.152. The minimum absolute atomic E-state index is 0.00613. The third kappa shape index (κ3) is 5.12. The molecule has 1 aliphatic heterocycles. The molecule has 28 heavy (non-hydrogen) atoms. The Labute approximate surface area is 164 Å². The van der Waals surface area contributed by atoms with Gasteiger partial charge in [0.1, 0.15) is 30.2 Å². The molecule has 1 saturated heterocycles. The van der Waals surface area contributed by atoms with Crippen LogP contribution in [0.3, 0.4) is 0 Å². The van der Waals surface area contributed by atoms with Crippen LogP contribution in [0.25, 0.3) is 11.5 Å². The van der Waals surface area contributed by atoms with Crippen LogP contribution in [0.1, 0.15) is 45.7 Å². The lowest BCUT2D eigenvalue weighted by Crippen LogP contribution is -2.50. The van der Waals surface area contributed by atoms with Gasteiger partial charge >= 0.3 is 12.1 Å². The molecular formula is C21H26N2O5. The van der Waals surface area contributed by atoms with Crippen LogP contribution in [-0.2, 0) is 20.9 Å². The minimum Gasteiger partial charge on any atom is -0.458 e. The Morgan fingerprint density at radius 2 is 1.96 bits per heavy atom. The Hall–Kier alpha value is -2.83. The molecule has 3 rings (SSSR count). The molecular weight excluding hydrogens is 360 g/mol. The number of rotatable bonds is 4. The standard InChI is InChI=1S/C21H26N2O5/c1-21(2,3)28-20(25)23-12-8-7-11-17(23)19(24)27-14-16-13-26-18(22-16)15-9-5-4-6-10-15/h4-6,9-10,13,17H,7-8,11-12,14H2,1-3H3. The van der Waals surface area contributed by atoms with Crippen LogP contribution in [-0.4, -0.2) is 40.1 Å². The van der Waals surface area contributed by atoms with E-state index in [0.717, 1.165) is 18.4 Å². The number of benzene rings is 1. The number of hydrogen-bond acceptors (Lipinski definition) is 6. The van der Waals surface area contributed by atoms with Gasteiger partial charge in [0, 0.05) is 12.1 Å². The second-order valence-electron chi connectivity index (χ2n) is 7.80. The molecule has 1 aliphatic rings. The summed E-state index contributed by atoms with van der Waals surface area (Å²) in [6.45, 7) is 5.88. The molecule has 7 nitrogen and oxygen atoms in total. The van der Waals surface area contributed by atoms with E-state index >= 15 is 0 Å². The zero-order valence-electron chi connectivity index (χ0n) is 16.5. The largest absolute Gasteiger partial charge is 0.458 e. The molecule has 0 spiro atoms. The van der Waals surface area contributed by atoms with Crippen LogP contribution in [0, 0.1) is 0 Å². The van der Waals surface area contributed by atoms with Crippen LogP contribution in [0.15, 0.2) is 41.0 Å². The first-order valence-electron chi connectivity index (χ1n) is 9.49. The number of aromatic nitrogens is 1. The van der Waals surface area contributed by atoms with Gasteiger partial charge in [-0.2, -0.15) is 0 Å². The Morgan fingerprint density at radius 3 is 2.68 bits per heavy atom. The SMILES string of the molecule is CC(C)(C)OC(=O)N1CCCCC1C(=O)OCc1coc(-c2ccccc2)n1. The van der Waals surface area contributed by atoms with Crippen molar-refractivity contribution in [2.24, 2.45) is 0 Å². The second-order valence-corrected chi connectivity index (χ2v) is 7.80. The Morgan fingerprint density at radius 1 is 1.21 bits per heavy atom. The number of nitrogens with zero attached hydrogens (tertiary/aromatic N) is 2. The smallest absolute Gasteiger partial charge is 0.411 e. The number of piperidine rings is 1. The zero-order chi connectivity index (χ0) is 20.1. The number of amides is 1. The van der Waals surface area contributed by atoms with Gasteiger partial charge in [-0.05, 0) is 52.2 Å². The zero-order valence-corrected chi connectivity index (χ0v) is 16.5. The number of esters is 1. The first-order valence-corrected chi connectivity index (χ1v) is 9.49. The molecule has 0 saturated carbocycles. The average Bonchev–Trinajstić information content (AvgIpc) is 3.14. The van der Waals surface area contributed by atoms with E-state index in [1.165, 1.54) is 11.2 Å². The summed E-state index contributed by atoms with van der Waals surface area (Å²) in [4.78, 5) is 30.8. The van der Waals surface area contributed by atoms with Crippen molar-refractivity contribution < 1.29 is 23.5 Å². The van der Waals surface area contributed by atoms with Crippen LogP contribution < -0.4 is 0 Å². The molecule has 150 valence electrons. The fourth-order valence-electron chi connectivity index (χ4n) is 3.04. The van der Waals surface area contributed by atoms with Crippen molar-refractivity contribution in [1.82, 2.24) is 9.88 Å². The van der Waals surface area contributed by atoms with Crippen molar-refractivity contribution >= 4 is 12.1 Å². The van der Waals surface area contributed by atoms with Crippen molar-refractivity contribution in [1.29, 1.82) is 0 Å². The molecule has 0 aliphatic carbocycles. The van der Waals surface area contributed by atoms with E-state index in [0.29, 0.717) is 24.6 Å². The van der Waals surface area contributed by atoms with E-state index in [9.17, 15) is 9.59 Å². The molecule has 1 aromatic heterocycles. The molecule has 0 bridgehead atoms. The van der Waals surface area contributed by atoms with Crippen molar-refractivity contribution in [2.75, 3.05) is 6.54 Å². The number of hydrogen-bond donors (Lipinski definition) is 0. The van der Waals surface area contributed by atoms with E-state index in [2.05, 4.69) is 4.98 Å². The summed E-state index contributed by atoms with van der Waals surface area (Å²) in [6.07, 6.45) is 3.25. The molecule has 1 unspecified atom stereocenters. The fourth-order valence-corrected chi connectivity index (χ4v) is 3.04. The average molecular weight is 386 g/mol. The van der Waals surface area contributed by atoms with Gasteiger partial charge < -0.3 is 13.9 Å². The summed E-state index contributed by atoms with van der Waals surface area (Å²) >= 11 is 0. The second kappa shape index (κ2) is 8.46. The molecule has 0 N–H and O–H groups in total. The Kier molecular flexibility index (Phi) is 6.02. The highest BCUT2D eigenvalue weighted by atomic mass is 16.6. The molecule has 1 amide bonds. The number of carbonyl (C=O) groups is 2. The fraction of sp³-hybridized carbons (Fsp3) is 0.476. The summed E-state index contributed by atoms with van der Waals surface area (Å²) in [5.41, 5.74) is 0.757. The number of likely N-dealkylation sites (tertiary alicyclic amines) is 1. The highest BCUT2D eigenvalue weighted by molar-refractivity contribution is 5.81. The van der Waals surface area contributed by atoms with Crippen molar-refractivity contribution in [3.63, 3.8) is 0 Å². The number of carbonyl (C=O) groups excluding carboxylic acids is 2. The predicted molar refractivity (Wildman–Crippen MR) is 102 cm³/mol. The Bertz CT molecular complexity index is 810. The van der Waals surface area contributed by atoms with Crippen molar-refractivity contribution in [2.45, 2.75) is 58.3 Å². The summed E-state index contributed by atoms with van der Waals surface area (Å²) in [5.74, 6) is 0.0227. The van der Waals surface area contributed by atoms with E-state index < -0.39 is 23.7 Å². The maximum Gasteiger partial charge on any atom is 0.411 e. The normalized spacial score (nSPS) is 17.2. The van der Waals surface area contributed by atoms with Gasteiger partial charge in [-0.25, -0.2) is 14.6 Å². The van der Waals surface area contributed by atoms with Gasteiger partial charge in [-0.3, -0.25) is 4.90 Å².